The maximum atomic E-state index is 13.4. The molecule has 0 spiro atoms. The van der Waals surface area contributed by atoms with Crippen LogP contribution in [-0.2, 0) is 20.8 Å². The van der Waals surface area contributed by atoms with Gasteiger partial charge in [-0.25, -0.2) is 0 Å². The summed E-state index contributed by atoms with van der Waals surface area (Å²) in [7, 11) is 5.97. The summed E-state index contributed by atoms with van der Waals surface area (Å²) in [5.74, 6) is 0.314. The molecule has 248 valence electrons. The minimum atomic E-state index is -1.81. The predicted octanol–water partition coefficient (Wildman–Crippen LogP) is 4.29. The highest BCUT2D eigenvalue weighted by atomic mass is 16.5. The Balaban J connectivity index is 1.62. The van der Waals surface area contributed by atoms with Gasteiger partial charge in [0, 0.05) is 22.3 Å². The molecule has 0 saturated carbocycles. The highest BCUT2D eigenvalue weighted by Gasteiger charge is 2.44. The van der Waals surface area contributed by atoms with Crippen LogP contribution in [0.2, 0.25) is 0 Å². The van der Waals surface area contributed by atoms with E-state index in [1.807, 2.05) is 0 Å². The van der Waals surface area contributed by atoms with Crippen molar-refractivity contribution < 1.29 is 38.7 Å². The fourth-order valence-electron chi connectivity index (χ4n) is 6.00. The summed E-state index contributed by atoms with van der Waals surface area (Å²) < 4.78 is 22.3. The van der Waals surface area contributed by atoms with Crippen molar-refractivity contribution in [2.75, 3.05) is 28.4 Å². The summed E-state index contributed by atoms with van der Waals surface area (Å²) in [6, 6.07) is 25.9. The lowest BCUT2D eigenvalue weighted by molar-refractivity contribution is -0.131. The van der Waals surface area contributed by atoms with E-state index < -0.39 is 41.5 Å². The van der Waals surface area contributed by atoms with Crippen molar-refractivity contribution in [1.82, 2.24) is 10.6 Å². The smallest absolute Gasteiger partial charge is 0.229 e. The number of carbonyl (C=O) groups excluding carboxylic acids is 2. The van der Waals surface area contributed by atoms with E-state index in [0.717, 1.165) is 0 Å². The lowest BCUT2D eigenvalue weighted by atomic mass is 9.79. The third kappa shape index (κ3) is 6.89. The first-order chi connectivity index (χ1) is 22.6. The Bertz CT molecular complexity index is 1470. The Kier molecular flexibility index (Phi) is 11.1. The summed E-state index contributed by atoms with van der Waals surface area (Å²) in [6.07, 6.45) is -0.587. The van der Waals surface area contributed by atoms with Crippen LogP contribution < -0.4 is 29.6 Å². The SMILES string of the molecule is COc1ccccc1C(O)(c1ccccc1OC)[C@@H](C)NC(=O)CC(=O)N[C@H](C)C(O)(c1ccccc1OC)c1ccccc1OC. The zero-order valence-corrected chi connectivity index (χ0v) is 27.4. The summed E-state index contributed by atoms with van der Waals surface area (Å²) >= 11 is 0. The predicted molar refractivity (Wildman–Crippen MR) is 178 cm³/mol. The Morgan fingerprint density at radius 3 is 1.00 bits per heavy atom. The number of hydrogen-bond donors (Lipinski definition) is 4. The molecular weight excluding hydrogens is 600 g/mol. The molecule has 0 radical (unpaired) electrons. The molecule has 10 nitrogen and oxygen atoms in total. The molecular formula is C37H42N2O8. The van der Waals surface area contributed by atoms with Crippen LogP contribution in [0.4, 0.5) is 0 Å². The van der Waals surface area contributed by atoms with Gasteiger partial charge < -0.3 is 39.8 Å². The molecule has 2 atom stereocenters. The van der Waals surface area contributed by atoms with E-state index in [0.29, 0.717) is 45.3 Å². The number of carbonyl (C=O) groups is 2. The molecule has 10 heteroatoms. The van der Waals surface area contributed by atoms with E-state index in [1.165, 1.54) is 28.4 Å². The zero-order chi connectivity index (χ0) is 34.2. The van der Waals surface area contributed by atoms with Gasteiger partial charge in [0.15, 0.2) is 0 Å². The van der Waals surface area contributed by atoms with Crippen molar-refractivity contribution in [3.8, 4) is 23.0 Å². The van der Waals surface area contributed by atoms with Crippen molar-refractivity contribution in [1.29, 1.82) is 0 Å². The first-order valence-corrected chi connectivity index (χ1v) is 15.1. The zero-order valence-electron chi connectivity index (χ0n) is 27.4. The van der Waals surface area contributed by atoms with Crippen LogP contribution in [0.5, 0.6) is 23.0 Å². The topological polar surface area (TPSA) is 136 Å². The maximum Gasteiger partial charge on any atom is 0.229 e. The van der Waals surface area contributed by atoms with Crippen LogP contribution >= 0.6 is 0 Å². The van der Waals surface area contributed by atoms with Gasteiger partial charge in [-0.15, -0.1) is 0 Å². The first-order valence-electron chi connectivity index (χ1n) is 15.1. The van der Waals surface area contributed by atoms with Gasteiger partial charge in [0.25, 0.3) is 0 Å². The summed E-state index contributed by atoms with van der Waals surface area (Å²) in [5, 5.41) is 30.4. The van der Waals surface area contributed by atoms with Gasteiger partial charge in [-0.05, 0) is 38.1 Å². The second-order valence-corrected chi connectivity index (χ2v) is 11.1. The third-order valence-corrected chi connectivity index (χ3v) is 8.40. The van der Waals surface area contributed by atoms with Gasteiger partial charge >= 0.3 is 0 Å². The van der Waals surface area contributed by atoms with E-state index >= 15 is 0 Å². The highest BCUT2D eigenvalue weighted by molar-refractivity contribution is 5.97. The van der Waals surface area contributed by atoms with Gasteiger partial charge in [-0.1, -0.05) is 72.8 Å². The largest absolute Gasteiger partial charge is 0.496 e. The Labute approximate surface area is 275 Å². The molecule has 4 aromatic rings. The van der Waals surface area contributed by atoms with Crippen molar-refractivity contribution in [3.05, 3.63) is 119 Å². The minimum absolute atomic E-state index is 0.400. The summed E-state index contributed by atoms with van der Waals surface area (Å²) in [4.78, 5) is 26.8. The number of nitrogens with one attached hydrogen (secondary N) is 2. The van der Waals surface area contributed by atoms with Gasteiger partial charge in [0.1, 0.15) is 40.6 Å². The minimum Gasteiger partial charge on any atom is -0.496 e. The fourth-order valence-corrected chi connectivity index (χ4v) is 6.00. The lowest BCUT2D eigenvalue weighted by Gasteiger charge is -2.38. The second kappa shape index (κ2) is 15.0. The Morgan fingerprint density at radius 1 is 0.532 bits per heavy atom. The van der Waals surface area contributed by atoms with Crippen LogP contribution in [-0.4, -0.2) is 62.6 Å². The van der Waals surface area contributed by atoms with Crippen LogP contribution in [0.1, 0.15) is 42.5 Å². The van der Waals surface area contributed by atoms with Crippen molar-refractivity contribution in [2.45, 2.75) is 43.6 Å². The van der Waals surface area contributed by atoms with E-state index in [9.17, 15) is 19.8 Å². The number of hydrogen-bond acceptors (Lipinski definition) is 8. The van der Waals surface area contributed by atoms with Gasteiger partial charge in [-0.3, -0.25) is 9.59 Å². The molecule has 0 aliphatic heterocycles. The summed E-state index contributed by atoms with van der Waals surface area (Å²) in [5.41, 5.74) is -2.03. The quantitative estimate of drug-likeness (QED) is 0.150. The number of rotatable bonds is 14. The average Bonchev–Trinajstić information content (AvgIpc) is 3.10. The van der Waals surface area contributed by atoms with E-state index in [4.69, 9.17) is 18.9 Å². The van der Waals surface area contributed by atoms with Gasteiger partial charge in [0.2, 0.25) is 11.8 Å². The number of ether oxygens (including phenoxy) is 4. The molecule has 0 aromatic heterocycles. The van der Waals surface area contributed by atoms with Gasteiger partial charge in [-0.2, -0.15) is 0 Å². The molecule has 0 fully saturated rings. The molecule has 0 unspecified atom stereocenters. The van der Waals surface area contributed by atoms with Crippen LogP contribution in [0.15, 0.2) is 97.1 Å². The van der Waals surface area contributed by atoms with Gasteiger partial charge in [0.05, 0.1) is 40.5 Å². The van der Waals surface area contributed by atoms with Crippen LogP contribution in [0.3, 0.4) is 0 Å². The number of amides is 2. The fraction of sp³-hybridized carbons (Fsp3) is 0.297. The Hall–Kier alpha value is -5.06. The molecule has 4 rings (SSSR count). The number of aliphatic hydroxyl groups is 2. The Morgan fingerprint density at radius 2 is 0.766 bits per heavy atom. The van der Waals surface area contributed by atoms with E-state index in [2.05, 4.69) is 10.6 Å². The molecule has 4 N–H and O–H groups in total. The second-order valence-electron chi connectivity index (χ2n) is 11.1. The standard InChI is InChI=1S/C37H42N2O8/c1-24(36(42,26-15-7-11-19-30(26)44-3)27-16-8-12-20-31(27)45-4)38-34(40)23-35(41)39-25(2)37(43,28-17-9-13-21-32(28)46-5)29-18-10-14-22-33(29)47-6/h7-22,24-25,42-43H,23H2,1-6H3,(H,38,40)(H,39,41)/t24-,25-/m1/s1. The molecule has 0 heterocycles. The number of benzene rings is 4. The molecule has 0 bridgehead atoms. The monoisotopic (exact) mass is 642 g/mol. The molecule has 0 aliphatic carbocycles. The van der Waals surface area contributed by atoms with E-state index in [1.54, 1.807) is 111 Å². The third-order valence-electron chi connectivity index (χ3n) is 8.40. The molecule has 4 aromatic carbocycles. The van der Waals surface area contributed by atoms with Crippen molar-refractivity contribution in [2.24, 2.45) is 0 Å². The normalized spacial score (nSPS) is 12.8. The van der Waals surface area contributed by atoms with Crippen molar-refractivity contribution in [3.63, 3.8) is 0 Å². The molecule has 0 saturated heterocycles. The molecule has 2 amide bonds. The first kappa shape index (κ1) is 34.8. The van der Waals surface area contributed by atoms with E-state index in [-0.39, 0.29) is 0 Å². The number of para-hydroxylation sites is 4. The van der Waals surface area contributed by atoms with Crippen LogP contribution in [0.25, 0.3) is 0 Å². The van der Waals surface area contributed by atoms with Crippen LogP contribution in [0, 0.1) is 0 Å². The lowest BCUT2D eigenvalue weighted by Crippen LogP contribution is -2.52. The number of methoxy groups -OCH3 is 4. The molecule has 0 aliphatic rings. The molecule has 47 heavy (non-hydrogen) atoms. The summed E-state index contributed by atoms with van der Waals surface area (Å²) in [6.45, 7) is 3.28. The average molecular weight is 643 g/mol. The highest BCUT2D eigenvalue weighted by Crippen LogP contribution is 2.43. The maximum absolute atomic E-state index is 13.4. The van der Waals surface area contributed by atoms with Crippen molar-refractivity contribution >= 4 is 11.8 Å².